The number of nitrogens with zero attached hydrogens (tertiary/aromatic N) is 2. The first-order valence-corrected chi connectivity index (χ1v) is 8.67. The lowest BCUT2D eigenvalue weighted by molar-refractivity contribution is -0.148. The monoisotopic (exact) mass is 382 g/mol. The number of carbonyl (C=O) groups is 1. The first-order valence-electron chi connectivity index (χ1n) is 7.03. The molecule has 0 radical (unpaired) electrons. The Kier molecular flexibility index (Phi) is 5.18. The minimum atomic E-state index is -0.638. The molecule has 2 heterocycles. The highest BCUT2D eigenvalue weighted by Gasteiger charge is 2.19. The van der Waals surface area contributed by atoms with E-state index in [1.54, 1.807) is 25.1 Å². The van der Waals surface area contributed by atoms with Gasteiger partial charge in [-0.05, 0) is 36.1 Å². The lowest BCUT2D eigenvalue weighted by atomic mass is 10.1. The molecule has 0 saturated carbocycles. The van der Waals surface area contributed by atoms with E-state index in [2.05, 4.69) is 10.2 Å². The topological polar surface area (TPSA) is 65.2 Å². The van der Waals surface area contributed by atoms with E-state index in [4.69, 9.17) is 32.4 Å². The molecule has 0 aliphatic rings. The van der Waals surface area contributed by atoms with Crippen molar-refractivity contribution in [3.8, 4) is 10.8 Å². The smallest absolute Gasteiger partial charge is 0.311 e. The number of ether oxygens (including phenoxy) is 1. The Balaban J connectivity index is 1.62. The number of halogens is 2. The second-order valence-electron chi connectivity index (χ2n) is 4.98. The van der Waals surface area contributed by atoms with Gasteiger partial charge in [-0.2, -0.15) is 0 Å². The Morgan fingerprint density at radius 2 is 2.12 bits per heavy atom. The summed E-state index contributed by atoms with van der Waals surface area (Å²) in [6.07, 6.45) is -0.561. The molecule has 1 aromatic carbocycles. The van der Waals surface area contributed by atoms with Crippen LogP contribution < -0.4 is 0 Å². The standard InChI is InChI=1S/C16H12Cl2N2O3S/c1-9(15-19-20-16(23-15)13-3-2-6-24-13)22-14(21)8-10-4-5-11(17)12(18)7-10/h2-7,9H,8H2,1H3/t9-/m1/s1. The maximum Gasteiger partial charge on any atom is 0.311 e. The van der Waals surface area contributed by atoms with Gasteiger partial charge in [-0.25, -0.2) is 0 Å². The van der Waals surface area contributed by atoms with Crippen LogP contribution in [-0.4, -0.2) is 16.2 Å². The highest BCUT2D eigenvalue weighted by Crippen LogP contribution is 2.26. The van der Waals surface area contributed by atoms with E-state index in [0.717, 1.165) is 4.88 Å². The van der Waals surface area contributed by atoms with E-state index in [1.165, 1.54) is 11.3 Å². The Hall–Kier alpha value is -1.89. The Morgan fingerprint density at radius 1 is 1.29 bits per heavy atom. The van der Waals surface area contributed by atoms with Gasteiger partial charge in [0.1, 0.15) is 0 Å². The summed E-state index contributed by atoms with van der Waals surface area (Å²) < 4.78 is 10.9. The predicted molar refractivity (Wildman–Crippen MR) is 92.3 cm³/mol. The zero-order valence-electron chi connectivity index (χ0n) is 12.5. The van der Waals surface area contributed by atoms with Crippen LogP contribution in [0.5, 0.6) is 0 Å². The summed E-state index contributed by atoms with van der Waals surface area (Å²) >= 11 is 13.3. The van der Waals surface area contributed by atoms with Crippen LogP contribution in [0.25, 0.3) is 10.8 Å². The zero-order chi connectivity index (χ0) is 17.1. The molecule has 0 aliphatic carbocycles. The molecule has 8 heteroatoms. The summed E-state index contributed by atoms with van der Waals surface area (Å²) in [5.74, 6) is 0.241. The number of rotatable bonds is 5. The first-order chi connectivity index (χ1) is 11.5. The van der Waals surface area contributed by atoms with Crippen molar-refractivity contribution in [3.63, 3.8) is 0 Å². The van der Waals surface area contributed by atoms with Gasteiger partial charge in [0, 0.05) is 0 Å². The Bertz CT molecular complexity index is 849. The summed E-state index contributed by atoms with van der Waals surface area (Å²) in [6, 6.07) is 8.77. The molecule has 3 rings (SSSR count). The first kappa shape index (κ1) is 17.0. The number of hydrogen-bond donors (Lipinski definition) is 0. The molecule has 0 fully saturated rings. The van der Waals surface area contributed by atoms with Crippen LogP contribution in [0.1, 0.15) is 24.5 Å². The zero-order valence-corrected chi connectivity index (χ0v) is 14.9. The van der Waals surface area contributed by atoms with Crippen LogP contribution in [-0.2, 0) is 16.0 Å². The third-order valence-electron chi connectivity index (χ3n) is 3.16. The van der Waals surface area contributed by atoms with Gasteiger partial charge in [0.25, 0.3) is 11.8 Å². The molecule has 24 heavy (non-hydrogen) atoms. The quantitative estimate of drug-likeness (QED) is 0.583. The Morgan fingerprint density at radius 3 is 2.83 bits per heavy atom. The normalized spacial score (nSPS) is 12.1. The molecule has 1 atom stereocenters. The lowest BCUT2D eigenvalue weighted by Crippen LogP contribution is -2.11. The van der Waals surface area contributed by atoms with Gasteiger partial charge in [0.05, 0.1) is 21.3 Å². The van der Waals surface area contributed by atoms with Gasteiger partial charge in [-0.1, -0.05) is 35.3 Å². The van der Waals surface area contributed by atoms with Crippen LogP contribution in [0.2, 0.25) is 10.0 Å². The molecule has 0 saturated heterocycles. The Labute approximate surface area is 152 Å². The van der Waals surface area contributed by atoms with Crippen LogP contribution in [0, 0.1) is 0 Å². The highest BCUT2D eigenvalue weighted by molar-refractivity contribution is 7.13. The molecule has 0 N–H and O–H groups in total. The molecule has 0 amide bonds. The summed E-state index contributed by atoms with van der Waals surface area (Å²) in [7, 11) is 0. The number of hydrogen-bond acceptors (Lipinski definition) is 6. The fraction of sp³-hybridized carbons (Fsp3) is 0.188. The summed E-state index contributed by atoms with van der Waals surface area (Å²) in [5.41, 5.74) is 0.714. The van der Waals surface area contributed by atoms with E-state index < -0.39 is 12.1 Å². The average molecular weight is 383 g/mol. The van der Waals surface area contributed by atoms with Gasteiger partial charge in [-0.3, -0.25) is 4.79 Å². The molecule has 5 nitrogen and oxygen atoms in total. The van der Waals surface area contributed by atoms with Gasteiger partial charge in [0.15, 0.2) is 6.10 Å². The van der Waals surface area contributed by atoms with Crippen LogP contribution >= 0.6 is 34.5 Å². The number of aromatic nitrogens is 2. The summed E-state index contributed by atoms with van der Waals surface area (Å²) in [4.78, 5) is 12.9. The molecule has 124 valence electrons. The molecule has 0 unspecified atom stereocenters. The van der Waals surface area contributed by atoms with Gasteiger partial charge in [0.2, 0.25) is 0 Å². The van der Waals surface area contributed by atoms with Crippen molar-refractivity contribution in [2.75, 3.05) is 0 Å². The van der Waals surface area contributed by atoms with Crippen LogP contribution in [0.4, 0.5) is 0 Å². The van der Waals surface area contributed by atoms with Crippen molar-refractivity contribution in [1.82, 2.24) is 10.2 Å². The number of carbonyl (C=O) groups excluding carboxylic acids is 1. The fourth-order valence-electron chi connectivity index (χ4n) is 2.00. The highest BCUT2D eigenvalue weighted by atomic mass is 35.5. The number of thiophene rings is 1. The van der Waals surface area contributed by atoms with Crippen molar-refractivity contribution < 1.29 is 13.9 Å². The summed E-state index contributed by atoms with van der Waals surface area (Å²) in [5, 5.41) is 10.6. The van der Waals surface area contributed by atoms with Gasteiger partial charge < -0.3 is 9.15 Å². The van der Waals surface area contributed by atoms with Gasteiger partial charge in [-0.15, -0.1) is 21.5 Å². The number of esters is 1. The minimum Gasteiger partial charge on any atom is -0.452 e. The molecule has 2 aromatic heterocycles. The third-order valence-corrected chi connectivity index (χ3v) is 4.76. The van der Waals surface area contributed by atoms with Crippen molar-refractivity contribution >= 4 is 40.5 Å². The van der Waals surface area contributed by atoms with E-state index in [1.807, 2.05) is 17.5 Å². The molecular weight excluding hydrogens is 371 g/mol. The van der Waals surface area contributed by atoms with Crippen molar-refractivity contribution in [2.24, 2.45) is 0 Å². The maximum absolute atomic E-state index is 12.0. The average Bonchev–Trinajstić information content (AvgIpc) is 3.21. The lowest BCUT2D eigenvalue weighted by Gasteiger charge is -2.09. The summed E-state index contributed by atoms with van der Waals surface area (Å²) in [6.45, 7) is 1.68. The predicted octanol–water partition coefficient (Wildman–Crippen LogP) is 4.95. The molecule has 0 aliphatic heterocycles. The maximum atomic E-state index is 12.0. The molecule has 0 bridgehead atoms. The van der Waals surface area contributed by atoms with Crippen molar-refractivity contribution in [3.05, 3.63) is 57.2 Å². The third kappa shape index (κ3) is 3.95. The second kappa shape index (κ2) is 7.34. The minimum absolute atomic E-state index is 0.0765. The van der Waals surface area contributed by atoms with E-state index in [-0.39, 0.29) is 12.3 Å². The molecule has 3 aromatic rings. The van der Waals surface area contributed by atoms with Crippen LogP contribution in [0.3, 0.4) is 0 Å². The van der Waals surface area contributed by atoms with E-state index >= 15 is 0 Å². The van der Waals surface area contributed by atoms with E-state index in [0.29, 0.717) is 21.5 Å². The van der Waals surface area contributed by atoms with Crippen LogP contribution in [0.15, 0.2) is 40.1 Å². The van der Waals surface area contributed by atoms with E-state index in [9.17, 15) is 4.79 Å². The molecular formula is C16H12Cl2N2O3S. The van der Waals surface area contributed by atoms with Crippen molar-refractivity contribution in [1.29, 1.82) is 0 Å². The largest absolute Gasteiger partial charge is 0.452 e. The SMILES string of the molecule is C[C@@H](OC(=O)Cc1ccc(Cl)c(Cl)c1)c1nnc(-c2cccs2)o1. The van der Waals surface area contributed by atoms with Crippen molar-refractivity contribution in [2.45, 2.75) is 19.4 Å². The molecule has 0 spiro atoms. The fourth-order valence-corrected chi connectivity index (χ4v) is 2.97. The number of benzene rings is 1. The van der Waals surface area contributed by atoms with Gasteiger partial charge >= 0.3 is 5.97 Å². The second-order valence-corrected chi connectivity index (χ2v) is 6.74.